The third-order valence-electron chi connectivity index (χ3n) is 5.90. The quantitative estimate of drug-likeness (QED) is 0.870. The summed E-state index contributed by atoms with van der Waals surface area (Å²) in [5.41, 5.74) is 4.52. The molecule has 2 aliphatic rings. The van der Waals surface area contributed by atoms with E-state index >= 15 is 0 Å². The Morgan fingerprint density at radius 2 is 1.85 bits per heavy atom. The zero-order valence-electron chi connectivity index (χ0n) is 16.4. The highest BCUT2D eigenvalue weighted by Crippen LogP contribution is 2.32. The minimum absolute atomic E-state index is 0.0167. The average Bonchev–Trinajstić information content (AvgIpc) is 2.94. The van der Waals surface area contributed by atoms with Crippen molar-refractivity contribution in [3.8, 4) is 0 Å². The van der Waals surface area contributed by atoms with Gasteiger partial charge in [0, 0.05) is 25.2 Å². The molecule has 3 rings (SSSR count). The number of nitrogens with zero attached hydrogens (tertiary/aromatic N) is 1. The van der Waals surface area contributed by atoms with Gasteiger partial charge in [-0.05, 0) is 63.2 Å². The lowest BCUT2D eigenvalue weighted by atomic mass is 9.81. The molecule has 5 nitrogen and oxygen atoms in total. The Kier molecular flexibility index (Phi) is 5.37. The predicted molar refractivity (Wildman–Crippen MR) is 104 cm³/mol. The topological polar surface area (TPSA) is 61.4 Å². The maximum absolute atomic E-state index is 12.7. The maximum Gasteiger partial charge on any atom is 0.227 e. The van der Waals surface area contributed by atoms with Crippen LogP contribution in [0, 0.1) is 32.1 Å². The molecule has 2 aliphatic heterocycles. The Morgan fingerprint density at radius 1 is 1.23 bits per heavy atom. The number of anilines is 1. The summed E-state index contributed by atoms with van der Waals surface area (Å²) in [4.78, 5) is 27.1. The van der Waals surface area contributed by atoms with Crippen molar-refractivity contribution in [3.05, 3.63) is 28.8 Å². The average molecular weight is 357 g/mol. The Bertz CT molecular complexity index is 684. The van der Waals surface area contributed by atoms with E-state index in [1.54, 1.807) is 4.90 Å². The van der Waals surface area contributed by atoms with E-state index in [1.165, 1.54) is 5.56 Å². The molecule has 0 radical (unpaired) electrons. The summed E-state index contributed by atoms with van der Waals surface area (Å²) < 4.78 is 0. The van der Waals surface area contributed by atoms with E-state index in [2.05, 4.69) is 36.6 Å². The van der Waals surface area contributed by atoms with E-state index in [0.29, 0.717) is 19.5 Å². The van der Waals surface area contributed by atoms with Crippen molar-refractivity contribution in [3.63, 3.8) is 0 Å². The first kappa shape index (κ1) is 18.9. The summed E-state index contributed by atoms with van der Waals surface area (Å²) in [7, 11) is 0. The fourth-order valence-electron chi connectivity index (χ4n) is 4.35. The third kappa shape index (κ3) is 3.93. The van der Waals surface area contributed by atoms with E-state index in [4.69, 9.17) is 0 Å². The molecule has 2 amide bonds. The van der Waals surface area contributed by atoms with Crippen LogP contribution in [0.2, 0.25) is 0 Å². The van der Waals surface area contributed by atoms with Gasteiger partial charge in [-0.3, -0.25) is 9.59 Å². The number of hydrogen-bond donors (Lipinski definition) is 2. The lowest BCUT2D eigenvalue weighted by molar-refractivity contribution is -0.126. The molecule has 1 aromatic rings. The zero-order valence-corrected chi connectivity index (χ0v) is 16.4. The first-order valence-electron chi connectivity index (χ1n) is 9.66. The van der Waals surface area contributed by atoms with Crippen molar-refractivity contribution < 1.29 is 9.59 Å². The van der Waals surface area contributed by atoms with Crippen molar-refractivity contribution in [2.45, 2.75) is 47.0 Å². The lowest BCUT2D eigenvalue weighted by Gasteiger charge is -2.34. The number of benzene rings is 1. The van der Waals surface area contributed by atoms with Crippen LogP contribution in [0.4, 0.5) is 5.69 Å². The smallest absolute Gasteiger partial charge is 0.227 e. The number of rotatable bonds is 4. The van der Waals surface area contributed by atoms with Gasteiger partial charge in [0.1, 0.15) is 0 Å². The molecule has 1 unspecified atom stereocenters. The molecule has 2 fully saturated rings. The molecule has 5 heteroatoms. The van der Waals surface area contributed by atoms with E-state index in [1.807, 2.05) is 13.8 Å². The molecule has 26 heavy (non-hydrogen) atoms. The van der Waals surface area contributed by atoms with Gasteiger partial charge in [-0.15, -0.1) is 0 Å². The van der Waals surface area contributed by atoms with Crippen LogP contribution in [-0.2, 0) is 9.59 Å². The summed E-state index contributed by atoms with van der Waals surface area (Å²) in [6.07, 6.45) is 2.45. The first-order chi connectivity index (χ1) is 12.3. The number of piperidine rings is 1. The third-order valence-corrected chi connectivity index (χ3v) is 5.90. The second-order valence-corrected chi connectivity index (χ2v) is 8.43. The fraction of sp³-hybridized carbons (Fsp3) is 0.619. The number of carbonyl (C=O) groups is 2. The van der Waals surface area contributed by atoms with E-state index in [0.717, 1.165) is 42.7 Å². The summed E-state index contributed by atoms with van der Waals surface area (Å²) in [5, 5.41) is 6.48. The highest BCUT2D eigenvalue weighted by molar-refractivity contribution is 6.01. The zero-order chi connectivity index (χ0) is 18.9. The van der Waals surface area contributed by atoms with Gasteiger partial charge >= 0.3 is 0 Å². The minimum Gasteiger partial charge on any atom is -0.355 e. The van der Waals surface area contributed by atoms with Crippen LogP contribution in [0.25, 0.3) is 0 Å². The van der Waals surface area contributed by atoms with Gasteiger partial charge in [0.25, 0.3) is 0 Å². The summed E-state index contributed by atoms with van der Waals surface area (Å²) in [5.74, 6) is -0.191. The van der Waals surface area contributed by atoms with Crippen LogP contribution in [0.1, 0.15) is 42.9 Å². The van der Waals surface area contributed by atoms with Crippen molar-refractivity contribution in [1.82, 2.24) is 10.6 Å². The Hall–Kier alpha value is -1.88. The van der Waals surface area contributed by atoms with Crippen LogP contribution in [0.5, 0.6) is 0 Å². The molecular formula is C21H31N3O2. The molecule has 2 saturated heterocycles. The number of hydrogen-bond acceptors (Lipinski definition) is 3. The number of amides is 2. The molecule has 0 aliphatic carbocycles. The highest BCUT2D eigenvalue weighted by Gasteiger charge is 2.37. The van der Waals surface area contributed by atoms with Crippen LogP contribution in [0.15, 0.2) is 12.1 Å². The van der Waals surface area contributed by atoms with E-state index in [-0.39, 0.29) is 23.1 Å². The normalized spacial score (nSPS) is 22.5. The molecule has 142 valence electrons. The standard InChI is InChI=1S/C21H31N3O2/c1-14-9-15(2)19(16(3)10-14)24-12-17(11-18(24)25)20(26)23-13-21(4)5-7-22-8-6-21/h9-10,17,22H,5-8,11-13H2,1-4H3,(H,23,26). The number of aryl methyl sites for hydroxylation is 3. The van der Waals surface area contributed by atoms with E-state index in [9.17, 15) is 9.59 Å². The number of carbonyl (C=O) groups excluding carboxylic acids is 2. The Balaban J connectivity index is 1.65. The van der Waals surface area contributed by atoms with Gasteiger partial charge in [0.2, 0.25) is 11.8 Å². The van der Waals surface area contributed by atoms with Gasteiger partial charge in [-0.2, -0.15) is 0 Å². The van der Waals surface area contributed by atoms with Crippen LogP contribution in [-0.4, -0.2) is 38.0 Å². The lowest BCUT2D eigenvalue weighted by Crippen LogP contribution is -2.44. The molecule has 2 N–H and O–H groups in total. The molecule has 0 saturated carbocycles. The minimum atomic E-state index is -0.257. The van der Waals surface area contributed by atoms with Crippen LogP contribution < -0.4 is 15.5 Å². The largest absolute Gasteiger partial charge is 0.355 e. The summed E-state index contributed by atoms with van der Waals surface area (Å²) in [6.45, 7) is 11.6. The monoisotopic (exact) mass is 357 g/mol. The highest BCUT2D eigenvalue weighted by atomic mass is 16.2. The first-order valence-corrected chi connectivity index (χ1v) is 9.66. The fourth-order valence-corrected chi connectivity index (χ4v) is 4.35. The summed E-state index contributed by atoms with van der Waals surface area (Å²) in [6, 6.07) is 4.20. The SMILES string of the molecule is Cc1cc(C)c(N2CC(C(=O)NCC3(C)CCNCC3)CC2=O)c(C)c1. The van der Waals surface area contributed by atoms with Gasteiger partial charge in [-0.25, -0.2) is 0 Å². The molecular weight excluding hydrogens is 326 g/mol. The molecule has 1 aromatic carbocycles. The van der Waals surface area contributed by atoms with Crippen molar-refractivity contribution in [2.75, 3.05) is 31.1 Å². The molecule has 1 atom stereocenters. The Morgan fingerprint density at radius 3 is 2.46 bits per heavy atom. The second kappa shape index (κ2) is 7.39. The molecule has 0 aromatic heterocycles. The maximum atomic E-state index is 12.7. The van der Waals surface area contributed by atoms with Crippen molar-refractivity contribution in [2.24, 2.45) is 11.3 Å². The molecule has 2 heterocycles. The van der Waals surface area contributed by atoms with Gasteiger partial charge in [0.05, 0.1) is 5.92 Å². The van der Waals surface area contributed by atoms with Gasteiger partial charge < -0.3 is 15.5 Å². The van der Waals surface area contributed by atoms with Crippen LogP contribution >= 0.6 is 0 Å². The predicted octanol–water partition coefficient (Wildman–Crippen LogP) is 2.47. The van der Waals surface area contributed by atoms with Crippen molar-refractivity contribution in [1.29, 1.82) is 0 Å². The van der Waals surface area contributed by atoms with Gasteiger partial charge in [0.15, 0.2) is 0 Å². The second-order valence-electron chi connectivity index (χ2n) is 8.43. The summed E-state index contributed by atoms with van der Waals surface area (Å²) >= 11 is 0. The molecule has 0 spiro atoms. The van der Waals surface area contributed by atoms with Crippen LogP contribution in [0.3, 0.4) is 0 Å². The number of nitrogens with one attached hydrogen (secondary N) is 2. The molecule has 0 bridgehead atoms. The Labute approximate surface area is 156 Å². The van der Waals surface area contributed by atoms with Gasteiger partial charge in [-0.1, -0.05) is 24.6 Å². The van der Waals surface area contributed by atoms with E-state index < -0.39 is 0 Å². The van der Waals surface area contributed by atoms with Crippen molar-refractivity contribution >= 4 is 17.5 Å².